The van der Waals surface area contributed by atoms with Crippen LogP contribution in [0.5, 0.6) is 0 Å². The van der Waals surface area contributed by atoms with E-state index < -0.39 is 29.6 Å². The molecule has 0 saturated heterocycles. The molecule has 2 aromatic carbocycles. The van der Waals surface area contributed by atoms with Crippen LogP contribution in [0.15, 0.2) is 54.6 Å². The first-order valence-electron chi connectivity index (χ1n) is 9.79. The Morgan fingerprint density at radius 3 is 2.17 bits per heavy atom. The number of nitrogens with one attached hydrogen (secondary N) is 2. The van der Waals surface area contributed by atoms with Crippen molar-refractivity contribution in [1.29, 1.82) is 0 Å². The molecular weight excluding hydrogens is 384 g/mol. The topological polar surface area (TPSA) is 93.7 Å². The average molecular weight is 412 g/mol. The minimum Gasteiger partial charge on any atom is -0.464 e. The summed E-state index contributed by atoms with van der Waals surface area (Å²) >= 11 is 0. The van der Waals surface area contributed by atoms with Gasteiger partial charge in [-0.25, -0.2) is 9.59 Å². The van der Waals surface area contributed by atoms with Gasteiger partial charge in [0.1, 0.15) is 11.6 Å². The molecule has 30 heavy (non-hydrogen) atoms. The minimum absolute atomic E-state index is 0.227. The van der Waals surface area contributed by atoms with Crippen molar-refractivity contribution in [1.82, 2.24) is 5.32 Å². The molecule has 0 radical (unpaired) electrons. The Kier molecular flexibility index (Phi) is 7.98. The number of carbonyl (C=O) groups excluding carboxylic acids is 3. The standard InChI is InChI=1S/C23H28N2O5/c1-5-29-21(27)19(15-16-9-7-6-8-10-16)25-20(26)17-11-13-18(14-12-17)24-22(28)30-23(2,3)4/h6-14,19H,5,15H2,1-4H3,(H,24,28)(H,25,26). The van der Waals surface area contributed by atoms with Crippen molar-refractivity contribution < 1.29 is 23.9 Å². The quantitative estimate of drug-likeness (QED) is 0.672. The molecule has 2 aromatic rings. The van der Waals surface area contributed by atoms with Gasteiger partial charge in [-0.15, -0.1) is 0 Å². The van der Waals surface area contributed by atoms with E-state index in [0.29, 0.717) is 17.7 Å². The van der Waals surface area contributed by atoms with Crippen LogP contribution in [-0.2, 0) is 20.7 Å². The van der Waals surface area contributed by atoms with Crippen LogP contribution >= 0.6 is 0 Å². The summed E-state index contributed by atoms with van der Waals surface area (Å²) in [6.45, 7) is 7.26. The first-order chi connectivity index (χ1) is 14.2. The number of esters is 1. The molecule has 0 aliphatic carbocycles. The van der Waals surface area contributed by atoms with E-state index in [-0.39, 0.29) is 6.61 Å². The molecule has 0 spiro atoms. The van der Waals surface area contributed by atoms with Gasteiger partial charge < -0.3 is 14.8 Å². The number of rotatable bonds is 7. The van der Waals surface area contributed by atoms with E-state index in [2.05, 4.69) is 10.6 Å². The van der Waals surface area contributed by atoms with Crippen LogP contribution in [0.1, 0.15) is 43.6 Å². The van der Waals surface area contributed by atoms with Crippen molar-refractivity contribution in [3.05, 3.63) is 65.7 Å². The Bertz CT molecular complexity index is 857. The molecule has 0 saturated carbocycles. The summed E-state index contributed by atoms with van der Waals surface area (Å²) in [5, 5.41) is 5.34. The Morgan fingerprint density at radius 1 is 0.967 bits per heavy atom. The van der Waals surface area contributed by atoms with Crippen molar-refractivity contribution in [3.8, 4) is 0 Å². The molecule has 2 rings (SSSR count). The Morgan fingerprint density at radius 2 is 1.60 bits per heavy atom. The molecule has 0 aliphatic heterocycles. The maximum Gasteiger partial charge on any atom is 0.412 e. The van der Waals surface area contributed by atoms with Gasteiger partial charge in [0.05, 0.1) is 6.61 Å². The van der Waals surface area contributed by atoms with Gasteiger partial charge >= 0.3 is 12.1 Å². The van der Waals surface area contributed by atoms with Crippen LogP contribution in [0.4, 0.5) is 10.5 Å². The van der Waals surface area contributed by atoms with Crippen LogP contribution in [0.2, 0.25) is 0 Å². The summed E-state index contributed by atoms with van der Waals surface area (Å²) in [5.74, 6) is -0.897. The highest BCUT2D eigenvalue weighted by Crippen LogP contribution is 2.14. The molecule has 0 bridgehead atoms. The van der Waals surface area contributed by atoms with E-state index in [9.17, 15) is 14.4 Å². The number of anilines is 1. The summed E-state index contributed by atoms with van der Waals surface area (Å²) in [4.78, 5) is 36.8. The fourth-order valence-electron chi connectivity index (χ4n) is 2.65. The van der Waals surface area contributed by atoms with Gasteiger partial charge in [0.15, 0.2) is 0 Å². The molecule has 0 heterocycles. The van der Waals surface area contributed by atoms with Crippen molar-refractivity contribution >= 4 is 23.7 Å². The lowest BCUT2D eigenvalue weighted by Gasteiger charge is -2.20. The number of hydrogen-bond donors (Lipinski definition) is 2. The normalized spacial score (nSPS) is 11.9. The first-order valence-corrected chi connectivity index (χ1v) is 9.79. The summed E-state index contributed by atoms with van der Waals surface area (Å²) in [6.07, 6.45) is -0.256. The predicted molar refractivity (Wildman–Crippen MR) is 114 cm³/mol. The van der Waals surface area contributed by atoms with Gasteiger partial charge in [0.25, 0.3) is 5.91 Å². The van der Waals surface area contributed by atoms with E-state index in [4.69, 9.17) is 9.47 Å². The molecule has 1 unspecified atom stereocenters. The third-order valence-electron chi connectivity index (χ3n) is 3.95. The maximum absolute atomic E-state index is 12.6. The number of benzene rings is 2. The van der Waals surface area contributed by atoms with E-state index in [1.54, 1.807) is 52.0 Å². The monoisotopic (exact) mass is 412 g/mol. The summed E-state index contributed by atoms with van der Waals surface area (Å²) in [5.41, 5.74) is 1.15. The number of carbonyl (C=O) groups is 3. The molecule has 0 aromatic heterocycles. The molecule has 0 fully saturated rings. The molecule has 7 heteroatoms. The van der Waals surface area contributed by atoms with Crippen LogP contribution in [0.25, 0.3) is 0 Å². The van der Waals surface area contributed by atoms with Gasteiger partial charge in [0, 0.05) is 17.7 Å². The highest BCUT2D eigenvalue weighted by Gasteiger charge is 2.23. The van der Waals surface area contributed by atoms with Gasteiger partial charge in [-0.05, 0) is 57.5 Å². The van der Waals surface area contributed by atoms with Crippen LogP contribution < -0.4 is 10.6 Å². The van der Waals surface area contributed by atoms with E-state index in [0.717, 1.165) is 5.56 Å². The zero-order valence-corrected chi connectivity index (χ0v) is 17.7. The van der Waals surface area contributed by atoms with Gasteiger partial charge in [-0.1, -0.05) is 30.3 Å². The van der Waals surface area contributed by atoms with Crippen molar-refractivity contribution in [2.45, 2.75) is 45.8 Å². The van der Waals surface area contributed by atoms with E-state index in [1.165, 1.54) is 0 Å². The van der Waals surface area contributed by atoms with Crippen LogP contribution in [0.3, 0.4) is 0 Å². The molecule has 7 nitrogen and oxygen atoms in total. The predicted octanol–water partition coefficient (Wildman–Crippen LogP) is 3.94. The second kappa shape index (κ2) is 10.4. The highest BCUT2D eigenvalue weighted by molar-refractivity contribution is 5.97. The SMILES string of the molecule is CCOC(=O)C(Cc1ccccc1)NC(=O)c1ccc(NC(=O)OC(C)(C)C)cc1. The highest BCUT2D eigenvalue weighted by atomic mass is 16.6. The largest absolute Gasteiger partial charge is 0.464 e. The first kappa shape index (κ1) is 22.9. The smallest absolute Gasteiger partial charge is 0.412 e. The van der Waals surface area contributed by atoms with E-state index >= 15 is 0 Å². The average Bonchev–Trinajstić information content (AvgIpc) is 2.67. The maximum atomic E-state index is 12.6. The van der Waals surface area contributed by atoms with Gasteiger partial charge in [-0.2, -0.15) is 0 Å². The molecule has 0 aliphatic rings. The molecular formula is C23H28N2O5. The zero-order chi connectivity index (χ0) is 22.1. The summed E-state index contributed by atoms with van der Waals surface area (Å²) in [6, 6.07) is 14.9. The summed E-state index contributed by atoms with van der Waals surface area (Å²) in [7, 11) is 0. The minimum atomic E-state index is -0.806. The summed E-state index contributed by atoms with van der Waals surface area (Å²) < 4.78 is 10.3. The van der Waals surface area contributed by atoms with Crippen LogP contribution in [-0.4, -0.2) is 36.2 Å². The number of amides is 2. The Hall–Kier alpha value is -3.35. The number of hydrogen-bond acceptors (Lipinski definition) is 5. The Labute approximate surface area is 176 Å². The lowest BCUT2D eigenvalue weighted by molar-refractivity contribution is -0.145. The van der Waals surface area contributed by atoms with Gasteiger partial charge in [-0.3, -0.25) is 10.1 Å². The Balaban J connectivity index is 2.04. The lowest BCUT2D eigenvalue weighted by atomic mass is 10.1. The zero-order valence-electron chi connectivity index (χ0n) is 17.7. The fraction of sp³-hybridized carbons (Fsp3) is 0.348. The second-order valence-electron chi connectivity index (χ2n) is 7.67. The van der Waals surface area contributed by atoms with Gasteiger partial charge in [0.2, 0.25) is 0 Å². The molecule has 160 valence electrons. The lowest BCUT2D eigenvalue weighted by Crippen LogP contribution is -2.43. The number of ether oxygens (including phenoxy) is 2. The second-order valence-corrected chi connectivity index (χ2v) is 7.67. The van der Waals surface area contributed by atoms with Crippen LogP contribution in [0, 0.1) is 0 Å². The molecule has 2 N–H and O–H groups in total. The van der Waals surface area contributed by atoms with Crippen molar-refractivity contribution in [2.24, 2.45) is 0 Å². The van der Waals surface area contributed by atoms with Crippen molar-refractivity contribution in [2.75, 3.05) is 11.9 Å². The molecule has 2 amide bonds. The fourth-order valence-corrected chi connectivity index (χ4v) is 2.65. The third-order valence-corrected chi connectivity index (χ3v) is 3.95. The van der Waals surface area contributed by atoms with Crippen molar-refractivity contribution in [3.63, 3.8) is 0 Å². The molecule has 1 atom stereocenters. The third kappa shape index (κ3) is 7.58. The van der Waals surface area contributed by atoms with E-state index in [1.807, 2.05) is 30.3 Å².